The van der Waals surface area contributed by atoms with Crippen molar-refractivity contribution in [3.8, 4) is 11.3 Å². The lowest BCUT2D eigenvalue weighted by molar-refractivity contribution is -0.127. The summed E-state index contributed by atoms with van der Waals surface area (Å²) < 4.78 is 14.9. The summed E-state index contributed by atoms with van der Waals surface area (Å²) in [5, 5.41) is 9.20. The van der Waals surface area contributed by atoms with Crippen LogP contribution in [0.1, 0.15) is 31.2 Å². The lowest BCUT2D eigenvalue weighted by Crippen LogP contribution is -2.52. The van der Waals surface area contributed by atoms with Crippen LogP contribution in [0.4, 0.5) is 4.39 Å². The number of nitrogens with one attached hydrogen (secondary N) is 3. The summed E-state index contributed by atoms with van der Waals surface area (Å²) in [5.41, 5.74) is 1.80. The molecule has 1 saturated heterocycles. The second kappa shape index (κ2) is 9.69. The molecule has 1 aliphatic rings. The molecule has 0 unspecified atom stereocenters. The monoisotopic (exact) mass is 502 g/mol. The van der Waals surface area contributed by atoms with Gasteiger partial charge in [0, 0.05) is 55.9 Å². The zero-order valence-corrected chi connectivity index (χ0v) is 19.9. The number of benzene rings is 2. The maximum Gasteiger partial charge on any atom is 0.295 e. The van der Waals surface area contributed by atoms with Crippen molar-refractivity contribution in [1.29, 1.82) is 0 Å². The van der Waals surface area contributed by atoms with Crippen LogP contribution < -0.4 is 5.32 Å². The van der Waals surface area contributed by atoms with Gasteiger partial charge in [-0.1, -0.05) is 18.2 Å². The number of aromatic amines is 2. The average Bonchev–Trinajstić information content (AvgIpc) is 3.61. The molecular formula is C26H23FN6O4. The van der Waals surface area contributed by atoms with E-state index >= 15 is 0 Å². The van der Waals surface area contributed by atoms with Crippen molar-refractivity contribution in [1.82, 2.24) is 30.3 Å². The minimum Gasteiger partial charge on any atom is -0.360 e. The molecule has 11 heteroatoms. The lowest BCUT2D eigenvalue weighted by Gasteiger charge is -2.34. The van der Waals surface area contributed by atoms with E-state index < -0.39 is 17.5 Å². The molecule has 0 bridgehead atoms. The highest BCUT2D eigenvalue weighted by Gasteiger charge is 2.31. The molecule has 4 aromatic rings. The third kappa shape index (κ3) is 4.35. The van der Waals surface area contributed by atoms with Crippen molar-refractivity contribution in [3.05, 3.63) is 77.4 Å². The Morgan fingerprint density at radius 2 is 1.68 bits per heavy atom. The molecule has 3 N–H and O–H groups in total. The van der Waals surface area contributed by atoms with Gasteiger partial charge < -0.3 is 20.1 Å². The number of halogens is 1. The molecular weight excluding hydrogens is 479 g/mol. The van der Waals surface area contributed by atoms with Gasteiger partial charge in [0.05, 0.1) is 16.8 Å². The number of aromatic nitrogens is 3. The fraction of sp³-hybridized carbons (Fsp3) is 0.192. The van der Waals surface area contributed by atoms with Gasteiger partial charge in [-0.05, 0) is 30.3 Å². The third-order valence-electron chi connectivity index (χ3n) is 6.42. The Morgan fingerprint density at radius 3 is 2.38 bits per heavy atom. The van der Waals surface area contributed by atoms with E-state index in [4.69, 9.17) is 0 Å². The van der Waals surface area contributed by atoms with Gasteiger partial charge in [0.25, 0.3) is 23.5 Å². The van der Waals surface area contributed by atoms with Gasteiger partial charge in [-0.2, -0.15) is 5.10 Å². The van der Waals surface area contributed by atoms with Crippen molar-refractivity contribution >= 4 is 34.4 Å². The van der Waals surface area contributed by atoms with Crippen LogP contribution in [0.2, 0.25) is 0 Å². The summed E-state index contributed by atoms with van der Waals surface area (Å²) >= 11 is 0. The van der Waals surface area contributed by atoms with E-state index in [-0.39, 0.29) is 60.2 Å². The van der Waals surface area contributed by atoms with Gasteiger partial charge in [0.2, 0.25) is 0 Å². The Labute approximate surface area is 210 Å². The number of piperazine rings is 1. The highest BCUT2D eigenvalue weighted by molar-refractivity contribution is 6.45. The summed E-state index contributed by atoms with van der Waals surface area (Å²) in [6.07, 6.45) is 1.30. The Morgan fingerprint density at radius 1 is 0.973 bits per heavy atom. The number of carbonyl (C=O) groups excluding carboxylic acids is 4. The Hall–Kier alpha value is -4.80. The van der Waals surface area contributed by atoms with Crippen LogP contribution in [0.15, 0.2) is 54.7 Å². The van der Waals surface area contributed by atoms with Crippen LogP contribution in [0.5, 0.6) is 0 Å². The predicted molar refractivity (Wildman–Crippen MR) is 132 cm³/mol. The van der Waals surface area contributed by atoms with Crippen LogP contribution in [-0.2, 0) is 4.79 Å². The largest absolute Gasteiger partial charge is 0.360 e. The topological polar surface area (TPSA) is 131 Å². The number of ketones is 1. The van der Waals surface area contributed by atoms with E-state index in [1.807, 2.05) is 6.07 Å². The van der Waals surface area contributed by atoms with E-state index in [9.17, 15) is 23.6 Å². The SMILES string of the molecule is CNC(=O)c1cc(-c2ccc(F)c3c(C(=O)C(=O)N4CCN(C(=O)c5ccccc5)CC4)c[nH]c23)n[nH]1. The predicted octanol–water partition coefficient (Wildman–Crippen LogP) is 2.22. The Balaban J connectivity index is 1.35. The van der Waals surface area contributed by atoms with Crippen molar-refractivity contribution in [2.45, 2.75) is 0 Å². The first-order chi connectivity index (χ1) is 17.9. The lowest BCUT2D eigenvalue weighted by atomic mass is 10.0. The molecule has 188 valence electrons. The van der Waals surface area contributed by atoms with Gasteiger partial charge in [-0.3, -0.25) is 24.3 Å². The summed E-state index contributed by atoms with van der Waals surface area (Å²) in [7, 11) is 1.49. The van der Waals surface area contributed by atoms with E-state index in [1.54, 1.807) is 29.2 Å². The van der Waals surface area contributed by atoms with Crippen LogP contribution in [0, 0.1) is 5.82 Å². The van der Waals surface area contributed by atoms with E-state index in [0.717, 1.165) is 0 Å². The van der Waals surface area contributed by atoms with Gasteiger partial charge >= 0.3 is 0 Å². The number of amides is 3. The smallest absolute Gasteiger partial charge is 0.295 e. The summed E-state index contributed by atoms with van der Waals surface area (Å²) in [6, 6.07) is 13.0. The minimum atomic E-state index is -0.849. The van der Waals surface area contributed by atoms with Gasteiger partial charge in [0.1, 0.15) is 11.5 Å². The fourth-order valence-electron chi connectivity index (χ4n) is 4.44. The van der Waals surface area contributed by atoms with Crippen molar-refractivity contribution in [3.63, 3.8) is 0 Å². The summed E-state index contributed by atoms with van der Waals surface area (Å²) in [4.78, 5) is 56.6. The minimum absolute atomic E-state index is 0.0294. The molecule has 0 atom stereocenters. The molecule has 1 fully saturated rings. The van der Waals surface area contributed by atoms with E-state index in [1.165, 1.54) is 36.3 Å². The average molecular weight is 503 g/mol. The number of Topliss-reactive ketones (excluding diaryl/α,β-unsaturated/α-hetero) is 1. The number of nitrogens with zero attached hydrogens (tertiary/aromatic N) is 3. The standard InChI is InChI=1S/C26H23FN6O4/c1-28-24(35)20-13-19(30-31-20)16-7-8-18(27)21-17(14-29-22(16)21)23(34)26(37)33-11-9-32(10-12-33)25(36)15-5-3-2-4-6-15/h2-8,13-14,29H,9-12H2,1H3,(H,28,35)(H,30,31). The van der Waals surface area contributed by atoms with E-state index in [2.05, 4.69) is 20.5 Å². The quantitative estimate of drug-likeness (QED) is 0.285. The highest BCUT2D eigenvalue weighted by atomic mass is 19.1. The Kier molecular flexibility index (Phi) is 6.26. The maximum atomic E-state index is 14.9. The highest BCUT2D eigenvalue weighted by Crippen LogP contribution is 2.31. The van der Waals surface area contributed by atoms with E-state index in [0.29, 0.717) is 16.8 Å². The number of carbonyl (C=O) groups is 4. The second-order valence-electron chi connectivity index (χ2n) is 8.57. The molecule has 2 aromatic carbocycles. The van der Waals surface area contributed by atoms with Crippen LogP contribution in [0.25, 0.3) is 22.2 Å². The first-order valence-electron chi connectivity index (χ1n) is 11.6. The molecule has 37 heavy (non-hydrogen) atoms. The molecule has 0 radical (unpaired) electrons. The number of hydrogen-bond acceptors (Lipinski definition) is 5. The molecule has 3 amide bonds. The molecule has 5 rings (SSSR count). The number of hydrogen-bond donors (Lipinski definition) is 3. The molecule has 2 aromatic heterocycles. The summed E-state index contributed by atoms with van der Waals surface area (Å²) in [6.45, 7) is 0.946. The molecule has 0 saturated carbocycles. The first kappa shape index (κ1) is 23.9. The van der Waals surface area contributed by atoms with Gasteiger partial charge in [-0.15, -0.1) is 0 Å². The normalized spacial score (nSPS) is 13.6. The maximum absolute atomic E-state index is 14.9. The van der Waals surface area contributed by atoms with Crippen LogP contribution >= 0.6 is 0 Å². The zero-order valence-electron chi connectivity index (χ0n) is 19.9. The van der Waals surface area contributed by atoms with Crippen LogP contribution in [-0.4, -0.2) is 81.7 Å². The first-order valence-corrected chi connectivity index (χ1v) is 11.6. The number of H-pyrrole nitrogens is 2. The van der Waals surface area contributed by atoms with Crippen molar-refractivity contribution in [2.75, 3.05) is 33.2 Å². The fourth-order valence-corrected chi connectivity index (χ4v) is 4.44. The molecule has 0 spiro atoms. The van der Waals surface area contributed by atoms with Crippen molar-refractivity contribution in [2.24, 2.45) is 0 Å². The molecule has 10 nitrogen and oxygen atoms in total. The third-order valence-corrected chi connectivity index (χ3v) is 6.42. The number of fused-ring (bicyclic) bond motifs is 1. The van der Waals surface area contributed by atoms with Crippen LogP contribution in [0.3, 0.4) is 0 Å². The van der Waals surface area contributed by atoms with Gasteiger partial charge in [-0.25, -0.2) is 4.39 Å². The Bertz CT molecular complexity index is 1520. The zero-order chi connectivity index (χ0) is 26.1. The number of rotatable bonds is 5. The molecule has 3 heterocycles. The van der Waals surface area contributed by atoms with Gasteiger partial charge in [0.15, 0.2) is 0 Å². The second-order valence-corrected chi connectivity index (χ2v) is 8.57. The molecule has 1 aliphatic heterocycles. The summed E-state index contributed by atoms with van der Waals surface area (Å²) in [5.74, 6) is -2.78. The molecule has 0 aliphatic carbocycles. The van der Waals surface area contributed by atoms with Crippen molar-refractivity contribution < 1.29 is 23.6 Å².